The molecule has 0 fully saturated rings. The fourth-order valence-corrected chi connectivity index (χ4v) is 1.51. The third kappa shape index (κ3) is 4.61. The largest absolute Gasteiger partial charge is 0.483 e. The number of carbonyl (C=O) groups excluding carboxylic acids is 1. The van der Waals surface area contributed by atoms with Crippen molar-refractivity contribution in [1.82, 2.24) is 0 Å². The molecule has 0 aliphatic carbocycles. The number of halogens is 1. The SMILES string of the molecule is C=C(CC)CC(=O)C(C)Oc1cccc(Cl)c1. The van der Waals surface area contributed by atoms with Crippen LogP contribution in [-0.2, 0) is 4.79 Å². The van der Waals surface area contributed by atoms with Crippen LogP contribution in [0.4, 0.5) is 0 Å². The van der Waals surface area contributed by atoms with E-state index in [-0.39, 0.29) is 5.78 Å². The second kappa shape index (κ2) is 6.45. The van der Waals surface area contributed by atoms with Gasteiger partial charge < -0.3 is 4.74 Å². The van der Waals surface area contributed by atoms with Crippen LogP contribution in [-0.4, -0.2) is 11.9 Å². The van der Waals surface area contributed by atoms with Crippen molar-refractivity contribution in [3.63, 3.8) is 0 Å². The lowest BCUT2D eigenvalue weighted by molar-refractivity contribution is -0.124. The number of hydrogen-bond donors (Lipinski definition) is 0. The van der Waals surface area contributed by atoms with Gasteiger partial charge in [0.2, 0.25) is 0 Å². The van der Waals surface area contributed by atoms with Crippen molar-refractivity contribution in [3.8, 4) is 5.75 Å². The highest BCUT2D eigenvalue weighted by Crippen LogP contribution is 2.19. The second-order valence-corrected chi connectivity index (χ2v) is 4.40. The Morgan fingerprint density at radius 3 is 2.82 bits per heavy atom. The number of hydrogen-bond acceptors (Lipinski definition) is 2. The summed E-state index contributed by atoms with van der Waals surface area (Å²) in [5.74, 6) is 0.650. The summed E-state index contributed by atoms with van der Waals surface area (Å²) in [6.07, 6.45) is 0.713. The van der Waals surface area contributed by atoms with Crippen LogP contribution in [0.5, 0.6) is 5.75 Å². The van der Waals surface area contributed by atoms with Gasteiger partial charge in [0.15, 0.2) is 11.9 Å². The van der Waals surface area contributed by atoms with E-state index in [1.807, 2.05) is 6.92 Å². The van der Waals surface area contributed by atoms with Crippen molar-refractivity contribution in [1.29, 1.82) is 0 Å². The van der Waals surface area contributed by atoms with E-state index in [1.165, 1.54) is 0 Å². The number of ketones is 1. The fraction of sp³-hybridized carbons (Fsp3) is 0.357. The molecule has 0 aliphatic rings. The molecule has 1 rings (SSSR count). The molecule has 3 heteroatoms. The molecule has 0 radical (unpaired) electrons. The summed E-state index contributed by atoms with van der Waals surface area (Å²) in [5, 5.41) is 0.597. The molecule has 0 saturated heterocycles. The van der Waals surface area contributed by atoms with E-state index in [9.17, 15) is 4.79 Å². The molecule has 0 saturated carbocycles. The van der Waals surface area contributed by atoms with Crippen molar-refractivity contribution in [2.24, 2.45) is 0 Å². The van der Waals surface area contributed by atoms with Crippen LogP contribution >= 0.6 is 11.6 Å². The summed E-state index contributed by atoms with van der Waals surface area (Å²) in [4.78, 5) is 11.8. The van der Waals surface area contributed by atoms with Crippen LogP contribution in [0, 0.1) is 0 Å². The van der Waals surface area contributed by atoms with E-state index in [1.54, 1.807) is 31.2 Å². The first-order valence-electron chi connectivity index (χ1n) is 5.64. The van der Waals surface area contributed by atoms with Gasteiger partial charge in [-0.05, 0) is 31.5 Å². The van der Waals surface area contributed by atoms with E-state index >= 15 is 0 Å². The van der Waals surface area contributed by atoms with Crippen molar-refractivity contribution >= 4 is 17.4 Å². The summed E-state index contributed by atoms with van der Waals surface area (Å²) < 4.78 is 5.53. The summed E-state index contributed by atoms with van der Waals surface area (Å²) >= 11 is 5.84. The Bertz CT molecular complexity index is 412. The van der Waals surface area contributed by atoms with Gasteiger partial charge in [-0.15, -0.1) is 0 Å². The molecular formula is C14H17ClO2. The van der Waals surface area contributed by atoms with Gasteiger partial charge in [0.25, 0.3) is 0 Å². The third-order valence-electron chi connectivity index (χ3n) is 2.49. The highest BCUT2D eigenvalue weighted by Gasteiger charge is 2.15. The van der Waals surface area contributed by atoms with E-state index in [0.717, 1.165) is 12.0 Å². The van der Waals surface area contributed by atoms with E-state index in [0.29, 0.717) is 17.2 Å². The molecule has 0 spiro atoms. The predicted molar refractivity (Wildman–Crippen MR) is 70.6 cm³/mol. The Balaban J connectivity index is 2.57. The Labute approximate surface area is 107 Å². The number of ether oxygens (including phenoxy) is 1. The standard InChI is InChI=1S/C14H17ClO2/c1-4-10(2)8-14(16)11(3)17-13-7-5-6-12(15)9-13/h5-7,9,11H,2,4,8H2,1,3H3. The number of rotatable bonds is 6. The number of allylic oxidation sites excluding steroid dienone is 1. The molecule has 1 aromatic rings. The second-order valence-electron chi connectivity index (χ2n) is 3.96. The van der Waals surface area contributed by atoms with Crippen LogP contribution in [0.2, 0.25) is 5.02 Å². The van der Waals surface area contributed by atoms with Gasteiger partial charge in [0.1, 0.15) is 5.75 Å². The quantitative estimate of drug-likeness (QED) is 0.715. The maximum atomic E-state index is 11.8. The summed E-state index contributed by atoms with van der Waals surface area (Å²) in [5.41, 5.74) is 0.927. The minimum absolute atomic E-state index is 0.0387. The van der Waals surface area contributed by atoms with Crippen LogP contribution in [0.1, 0.15) is 26.7 Å². The van der Waals surface area contributed by atoms with E-state index in [2.05, 4.69) is 6.58 Å². The average Bonchev–Trinajstić information content (AvgIpc) is 2.28. The molecule has 0 aliphatic heterocycles. The molecule has 0 N–H and O–H groups in total. The van der Waals surface area contributed by atoms with Crippen molar-refractivity contribution in [2.75, 3.05) is 0 Å². The Morgan fingerprint density at radius 1 is 1.53 bits per heavy atom. The lowest BCUT2D eigenvalue weighted by Crippen LogP contribution is -2.23. The third-order valence-corrected chi connectivity index (χ3v) is 2.72. The molecule has 1 atom stereocenters. The molecule has 0 amide bonds. The molecule has 2 nitrogen and oxygen atoms in total. The van der Waals surface area contributed by atoms with Crippen molar-refractivity contribution < 1.29 is 9.53 Å². The first kappa shape index (κ1) is 13.8. The van der Waals surface area contributed by atoms with Gasteiger partial charge in [-0.25, -0.2) is 0 Å². The van der Waals surface area contributed by atoms with Gasteiger partial charge >= 0.3 is 0 Å². The van der Waals surface area contributed by atoms with E-state index in [4.69, 9.17) is 16.3 Å². The minimum atomic E-state index is -0.475. The van der Waals surface area contributed by atoms with Gasteiger partial charge in [0.05, 0.1) is 0 Å². The van der Waals surface area contributed by atoms with Gasteiger partial charge in [-0.3, -0.25) is 4.79 Å². The molecule has 0 heterocycles. The molecular weight excluding hydrogens is 236 g/mol. The maximum absolute atomic E-state index is 11.8. The first-order valence-corrected chi connectivity index (χ1v) is 6.02. The lowest BCUT2D eigenvalue weighted by atomic mass is 10.1. The Kier molecular flexibility index (Phi) is 5.23. The molecule has 1 aromatic carbocycles. The molecule has 17 heavy (non-hydrogen) atoms. The zero-order chi connectivity index (χ0) is 12.8. The monoisotopic (exact) mass is 252 g/mol. The van der Waals surface area contributed by atoms with Gasteiger partial charge in [-0.1, -0.05) is 36.7 Å². The molecule has 1 unspecified atom stereocenters. The number of Topliss-reactive ketones (excluding diaryl/α,β-unsaturated/α-hetero) is 1. The number of benzene rings is 1. The van der Waals surface area contributed by atoms with Gasteiger partial charge in [-0.2, -0.15) is 0 Å². The Hall–Kier alpha value is -1.28. The van der Waals surface area contributed by atoms with E-state index < -0.39 is 6.10 Å². The van der Waals surface area contributed by atoms with Crippen LogP contribution in [0.3, 0.4) is 0 Å². The Morgan fingerprint density at radius 2 is 2.24 bits per heavy atom. The highest BCUT2D eigenvalue weighted by atomic mass is 35.5. The normalized spacial score (nSPS) is 11.9. The van der Waals surface area contributed by atoms with Crippen LogP contribution in [0.15, 0.2) is 36.4 Å². The summed E-state index contributed by atoms with van der Waals surface area (Å²) in [6, 6.07) is 7.03. The molecule has 0 bridgehead atoms. The number of carbonyl (C=O) groups is 1. The highest BCUT2D eigenvalue weighted by molar-refractivity contribution is 6.30. The predicted octanol–water partition coefficient (Wildman–Crippen LogP) is 4.03. The minimum Gasteiger partial charge on any atom is -0.483 e. The fourth-order valence-electron chi connectivity index (χ4n) is 1.33. The molecule has 92 valence electrons. The van der Waals surface area contributed by atoms with Crippen molar-refractivity contribution in [2.45, 2.75) is 32.8 Å². The maximum Gasteiger partial charge on any atom is 0.176 e. The summed E-state index contributed by atoms with van der Waals surface area (Å²) in [7, 11) is 0. The smallest absolute Gasteiger partial charge is 0.176 e. The summed E-state index contributed by atoms with van der Waals surface area (Å²) in [6.45, 7) is 7.55. The van der Waals surface area contributed by atoms with Crippen LogP contribution < -0.4 is 4.74 Å². The lowest BCUT2D eigenvalue weighted by Gasteiger charge is -2.14. The topological polar surface area (TPSA) is 26.3 Å². The van der Waals surface area contributed by atoms with Crippen LogP contribution in [0.25, 0.3) is 0 Å². The zero-order valence-corrected chi connectivity index (χ0v) is 11.0. The first-order chi connectivity index (χ1) is 8.02. The van der Waals surface area contributed by atoms with Gasteiger partial charge in [0, 0.05) is 11.4 Å². The average molecular weight is 253 g/mol. The van der Waals surface area contributed by atoms with Crippen molar-refractivity contribution in [3.05, 3.63) is 41.4 Å². The zero-order valence-electron chi connectivity index (χ0n) is 10.2. The molecule has 0 aromatic heterocycles.